The molecule has 0 aliphatic heterocycles. The van der Waals surface area contributed by atoms with Gasteiger partial charge in [0, 0.05) is 24.9 Å². The fraction of sp³-hybridized carbons (Fsp3) is 0.333. The number of hydrogen-bond donors (Lipinski definition) is 4. The summed E-state index contributed by atoms with van der Waals surface area (Å²) in [6.45, 7) is 1.48. The molecule has 0 bridgehead atoms. The van der Waals surface area contributed by atoms with Gasteiger partial charge in [0.25, 0.3) is 0 Å². The van der Waals surface area contributed by atoms with E-state index < -0.39 is 8.03 Å². The first kappa shape index (κ1) is 21.0. The largest absolute Gasteiger partial charge is 0.505 e. The third kappa shape index (κ3) is 7.53. The highest BCUT2D eigenvalue weighted by Gasteiger charge is 2.09. The number of carbonyl (C=O) groups is 1. The van der Waals surface area contributed by atoms with Crippen LogP contribution in [0.25, 0.3) is 0 Å². The van der Waals surface area contributed by atoms with Gasteiger partial charge in [-0.05, 0) is 28.8 Å². The van der Waals surface area contributed by atoms with Crippen molar-refractivity contribution in [2.45, 2.75) is 19.5 Å². The molecule has 1 atom stereocenters. The molecule has 140 valence electrons. The van der Waals surface area contributed by atoms with Gasteiger partial charge in [-0.3, -0.25) is 5.32 Å². The number of urea groups is 1. The molecule has 0 aliphatic carbocycles. The van der Waals surface area contributed by atoms with Crippen LogP contribution >= 0.6 is 42.6 Å². The molecule has 11 heteroatoms. The SMILES string of the molecule is O=C(NCc1ccc(Cl)c(Cl)c1)Nc1nc(CNCCC[P+](=O)O)cs1. The smallest absolute Gasteiger partial charge is 0.334 e. The molecule has 1 aromatic carbocycles. The number of amides is 2. The van der Waals surface area contributed by atoms with Crippen molar-refractivity contribution in [1.82, 2.24) is 15.6 Å². The highest BCUT2D eigenvalue weighted by Crippen LogP contribution is 2.22. The fourth-order valence-corrected chi connectivity index (χ4v) is 3.43. The van der Waals surface area contributed by atoms with Gasteiger partial charge in [0.2, 0.25) is 0 Å². The number of carbonyl (C=O) groups excluding carboxylic acids is 1. The number of hydrogen-bond acceptors (Lipinski definition) is 5. The average Bonchev–Trinajstić information content (AvgIpc) is 3.02. The van der Waals surface area contributed by atoms with E-state index in [0.29, 0.717) is 41.2 Å². The Morgan fingerprint density at radius 1 is 1.27 bits per heavy atom. The number of aromatic nitrogens is 1. The number of benzene rings is 1. The molecule has 2 rings (SSSR count). The normalized spacial score (nSPS) is 11.3. The Morgan fingerprint density at radius 2 is 2.08 bits per heavy atom. The third-order valence-corrected chi connectivity index (χ3v) is 5.46. The maximum atomic E-state index is 11.9. The standard InChI is InChI=1S/C15H17Cl2N4O3PS/c16-12-3-2-10(6-13(12)17)7-19-14(22)21-15-20-11(9-26-15)8-18-4-1-5-25(23)24/h2-3,6,9,18H,1,4-5,7-8H2,(H2-,19,20,21,22,23,24)/p+1. The first-order valence-electron chi connectivity index (χ1n) is 7.71. The molecule has 0 fully saturated rings. The maximum Gasteiger partial charge on any atom is 0.505 e. The van der Waals surface area contributed by atoms with E-state index in [1.54, 1.807) is 18.2 Å². The number of halogens is 2. The lowest BCUT2D eigenvalue weighted by Gasteiger charge is -2.06. The maximum absolute atomic E-state index is 11.9. The minimum absolute atomic E-state index is 0.283. The summed E-state index contributed by atoms with van der Waals surface area (Å²) in [7, 11) is -2.07. The van der Waals surface area contributed by atoms with Gasteiger partial charge in [0.05, 0.1) is 15.7 Å². The van der Waals surface area contributed by atoms with Crippen molar-refractivity contribution >= 4 is 53.7 Å². The summed E-state index contributed by atoms with van der Waals surface area (Å²) in [4.78, 5) is 24.9. The highest BCUT2D eigenvalue weighted by atomic mass is 35.5. The van der Waals surface area contributed by atoms with E-state index in [2.05, 4.69) is 20.9 Å². The van der Waals surface area contributed by atoms with Crippen LogP contribution in [0.2, 0.25) is 10.0 Å². The molecule has 7 nitrogen and oxygen atoms in total. The van der Waals surface area contributed by atoms with E-state index >= 15 is 0 Å². The second kappa shape index (κ2) is 10.8. The Kier molecular flexibility index (Phi) is 8.71. The number of rotatable bonds is 9. The van der Waals surface area contributed by atoms with Crippen LogP contribution in [0.15, 0.2) is 23.6 Å². The molecular formula is C15H18Cl2N4O3PS+. The van der Waals surface area contributed by atoms with Crippen molar-refractivity contribution in [3.8, 4) is 0 Å². The molecule has 2 aromatic rings. The van der Waals surface area contributed by atoms with Crippen LogP contribution in [0.5, 0.6) is 0 Å². The first-order chi connectivity index (χ1) is 12.4. The molecule has 0 saturated carbocycles. The lowest BCUT2D eigenvalue weighted by Crippen LogP contribution is -2.28. The number of thiazole rings is 1. The summed E-state index contributed by atoms with van der Waals surface area (Å²) >= 11 is 13.1. The summed E-state index contributed by atoms with van der Waals surface area (Å²) in [5.41, 5.74) is 1.63. The highest BCUT2D eigenvalue weighted by molar-refractivity contribution is 7.37. The molecule has 0 radical (unpaired) electrons. The quantitative estimate of drug-likeness (QED) is 0.352. The molecule has 1 unspecified atom stereocenters. The van der Waals surface area contributed by atoms with Crippen molar-refractivity contribution in [2.75, 3.05) is 18.0 Å². The first-order valence-corrected chi connectivity index (χ1v) is 10.7. The fourth-order valence-electron chi connectivity index (χ4n) is 1.97. The van der Waals surface area contributed by atoms with Crippen molar-refractivity contribution in [2.24, 2.45) is 0 Å². The van der Waals surface area contributed by atoms with Gasteiger partial charge in [-0.2, -0.15) is 4.89 Å². The molecule has 1 heterocycles. The van der Waals surface area contributed by atoms with Gasteiger partial charge in [0.15, 0.2) is 11.3 Å². The Balaban J connectivity index is 1.71. The number of nitrogens with one attached hydrogen (secondary N) is 3. The van der Waals surface area contributed by atoms with Crippen LogP contribution in [0.4, 0.5) is 9.93 Å². The van der Waals surface area contributed by atoms with Crippen LogP contribution in [0, 0.1) is 0 Å². The van der Waals surface area contributed by atoms with Gasteiger partial charge in [0.1, 0.15) is 0 Å². The molecule has 26 heavy (non-hydrogen) atoms. The molecule has 2 amide bonds. The van der Waals surface area contributed by atoms with E-state index in [4.69, 9.17) is 28.1 Å². The zero-order valence-electron chi connectivity index (χ0n) is 13.7. The lowest BCUT2D eigenvalue weighted by molar-refractivity contribution is 0.251. The second-order valence-corrected chi connectivity index (χ2v) is 8.13. The van der Waals surface area contributed by atoms with E-state index in [1.165, 1.54) is 11.3 Å². The van der Waals surface area contributed by atoms with Crippen molar-refractivity contribution < 1.29 is 14.3 Å². The molecule has 1 aromatic heterocycles. The van der Waals surface area contributed by atoms with Crippen LogP contribution in [0.1, 0.15) is 17.7 Å². The molecule has 0 aliphatic rings. The van der Waals surface area contributed by atoms with Crippen LogP contribution < -0.4 is 16.0 Å². The van der Waals surface area contributed by atoms with E-state index in [0.717, 1.165) is 11.3 Å². The Bertz CT molecular complexity index is 775. The van der Waals surface area contributed by atoms with E-state index in [-0.39, 0.29) is 12.2 Å². The van der Waals surface area contributed by atoms with Gasteiger partial charge in [-0.15, -0.1) is 11.3 Å². The van der Waals surface area contributed by atoms with Gasteiger partial charge >= 0.3 is 14.1 Å². The molecule has 0 saturated heterocycles. The molecule has 4 N–H and O–H groups in total. The predicted octanol–water partition coefficient (Wildman–Crippen LogP) is 3.99. The summed E-state index contributed by atoms with van der Waals surface area (Å²) in [5, 5.41) is 11.8. The summed E-state index contributed by atoms with van der Waals surface area (Å²) in [6.07, 6.45) is 0.906. The monoisotopic (exact) mass is 435 g/mol. The van der Waals surface area contributed by atoms with E-state index in [1.807, 2.05) is 5.38 Å². The zero-order valence-corrected chi connectivity index (χ0v) is 16.9. The van der Waals surface area contributed by atoms with Crippen LogP contribution in [0.3, 0.4) is 0 Å². The summed E-state index contributed by atoms with van der Waals surface area (Å²) < 4.78 is 10.6. The Morgan fingerprint density at radius 3 is 2.81 bits per heavy atom. The third-order valence-electron chi connectivity index (χ3n) is 3.22. The summed E-state index contributed by atoms with van der Waals surface area (Å²) in [5.74, 6) is 0. The number of anilines is 1. The summed E-state index contributed by atoms with van der Waals surface area (Å²) in [6, 6.07) is 4.80. The van der Waals surface area contributed by atoms with Gasteiger partial charge < -0.3 is 10.6 Å². The second-order valence-electron chi connectivity index (χ2n) is 5.31. The van der Waals surface area contributed by atoms with Gasteiger partial charge in [-0.1, -0.05) is 29.3 Å². The number of nitrogens with zero attached hydrogens (tertiary/aromatic N) is 1. The van der Waals surface area contributed by atoms with E-state index in [9.17, 15) is 9.36 Å². The average molecular weight is 436 g/mol. The minimum atomic E-state index is -2.07. The predicted molar refractivity (Wildman–Crippen MR) is 105 cm³/mol. The van der Waals surface area contributed by atoms with Crippen molar-refractivity contribution in [3.05, 3.63) is 44.9 Å². The lowest BCUT2D eigenvalue weighted by atomic mass is 10.2. The van der Waals surface area contributed by atoms with Gasteiger partial charge in [-0.25, -0.2) is 9.78 Å². The van der Waals surface area contributed by atoms with Crippen molar-refractivity contribution in [1.29, 1.82) is 0 Å². The molecular weight excluding hydrogens is 418 g/mol. The van der Waals surface area contributed by atoms with Crippen LogP contribution in [-0.4, -0.2) is 28.6 Å². The van der Waals surface area contributed by atoms with Crippen molar-refractivity contribution in [3.63, 3.8) is 0 Å². The Labute approximate surface area is 166 Å². The minimum Gasteiger partial charge on any atom is -0.334 e. The zero-order chi connectivity index (χ0) is 18.9. The molecule has 0 spiro atoms. The topological polar surface area (TPSA) is 103 Å². The Hall–Kier alpha value is -1.28. The van der Waals surface area contributed by atoms with Crippen LogP contribution in [-0.2, 0) is 17.7 Å².